The van der Waals surface area contributed by atoms with Gasteiger partial charge in [0.2, 0.25) is 5.91 Å². The van der Waals surface area contributed by atoms with Crippen molar-refractivity contribution in [2.45, 2.75) is 31.7 Å². The van der Waals surface area contributed by atoms with Crippen LogP contribution in [0.3, 0.4) is 0 Å². The van der Waals surface area contributed by atoms with E-state index in [2.05, 4.69) is 11.1 Å². The number of aromatic nitrogens is 1. The molecule has 5 rings (SSSR count). The zero-order chi connectivity index (χ0) is 25.4. The van der Waals surface area contributed by atoms with E-state index in [1.165, 1.54) is 0 Å². The lowest BCUT2D eigenvalue weighted by Crippen LogP contribution is -2.67. The van der Waals surface area contributed by atoms with Crippen molar-refractivity contribution in [3.63, 3.8) is 0 Å². The first-order chi connectivity index (χ1) is 17.4. The summed E-state index contributed by atoms with van der Waals surface area (Å²) < 4.78 is 16.9. The lowest BCUT2D eigenvalue weighted by Gasteiger charge is -2.51. The SMILES string of the molecule is CCOc1c(OC)cccc1C1CN2C(=O)CN(CCCOC)C(=O)[C@]2(C)c2[nH]c3ccccc3c21. The molecule has 36 heavy (non-hydrogen) atoms. The van der Waals surface area contributed by atoms with Gasteiger partial charge in [-0.15, -0.1) is 0 Å². The average Bonchev–Trinajstić information content (AvgIpc) is 3.28. The van der Waals surface area contributed by atoms with Gasteiger partial charge in [0.15, 0.2) is 17.0 Å². The van der Waals surface area contributed by atoms with Crippen molar-refractivity contribution in [2.24, 2.45) is 0 Å². The summed E-state index contributed by atoms with van der Waals surface area (Å²) in [5.74, 6) is 0.987. The second-order valence-electron chi connectivity index (χ2n) is 9.47. The van der Waals surface area contributed by atoms with Crippen molar-refractivity contribution in [1.82, 2.24) is 14.8 Å². The number of para-hydroxylation sites is 2. The molecule has 1 fully saturated rings. The Labute approximate surface area is 211 Å². The molecule has 1 aromatic heterocycles. The molecule has 2 aromatic carbocycles. The molecule has 1 N–H and O–H groups in total. The highest BCUT2D eigenvalue weighted by atomic mass is 16.5. The number of nitrogens with one attached hydrogen (secondary N) is 1. The van der Waals surface area contributed by atoms with Crippen molar-refractivity contribution in [3.8, 4) is 11.5 Å². The van der Waals surface area contributed by atoms with Gasteiger partial charge in [-0.3, -0.25) is 9.59 Å². The number of methoxy groups -OCH3 is 2. The van der Waals surface area contributed by atoms with Crippen LogP contribution in [0, 0.1) is 0 Å². The van der Waals surface area contributed by atoms with Crippen molar-refractivity contribution in [1.29, 1.82) is 0 Å². The maximum absolute atomic E-state index is 14.0. The lowest BCUT2D eigenvalue weighted by atomic mass is 9.76. The van der Waals surface area contributed by atoms with E-state index in [0.29, 0.717) is 44.2 Å². The summed E-state index contributed by atoms with van der Waals surface area (Å²) in [5.41, 5.74) is 2.54. The van der Waals surface area contributed by atoms with Crippen LogP contribution >= 0.6 is 0 Å². The standard InChI is InChI=1S/C28H33N3O5/c1-5-36-25-18(11-8-13-22(25)35-4)20-16-31-23(32)17-30(14-9-15-34-3)27(33)28(31,2)26-24(20)19-10-6-7-12-21(19)29-26/h6-8,10-13,20,29H,5,9,14-17H2,1-4H3/t20?,28-/m0/s1. The molecule has 2 aliphatic rings. The molecule has 0 radical (unpaired) electrons. The predicted octanol–water partition coefficient (Wildman–Crippen LogP) is 3.64. The lowest BCUT2D eigenvalue weighted by molar-refractivity contribution is -0.166. The first kappa shape index (κ1) is 24.2. The van der Waals surface area contributed by atoms with Crippen molar-refractivity contribution < 1.29 is 23.8 Å². The third kappa shape index (κ3) is 3.63. The number of aromatic amines is 1. The Bertz CT molecular complexity index is 1300. The molecule has 3 heterocycles. The van der Waals surface area contributed by atoms with Crippen LogP contribution < -0.4 is 9.47 Å². The number of amides is 2. The van der Waals surface area contributed by atoms with Gasteiger partial charge in [-0.1, -0.05) is 30.3 Å². The number of nitrogens with zero attached hydrogens (tertiary/aromatic N) is 2. The van der Waals surface area contributed by atoms with E-state index in [1.807, 2.05) is 50.2 Å². The van der Waals surface area contributed by atoms with Crippen LogP contribution in [0.5, 0.6) is 11.5 Å². The number of benzene rings is 2. The second kappa shape index (κ2) is 9.50. The molecule has 0 saturated carbocycles. The van der Waals surface area contributed by atoms with Crippen molar-refractivity contribution in [2.75, 3.05) is 47.1 Å². The minimum absolute atomic E-state index is 0.0651. The zero-order valence-corrected chi connectivity index (χ0v) is 21.3. The van der Waals surface area contributed by atoms with Gasteiger partial charge in [-0.25, -0.2) is 0 Å². The van der Waals surface area contributed by atoms with Gasteiger partial charge in [0.1, 0.15) is 0 Å². The summed E-state index contributed by atoms with van der Waals surface area (Å²) in [6.07, 6.45) is 0.676. The zero-order valence-electron chi connectivity index (χ0n) is 21.3. The number of rotatable bonds is 8. The van der Waals surface area contributed by atoms with Gasteiger partial charge in [-0.2, -0.15) is 0 Å². The Morgan fingerprint density at radius 2 is 1.92 bits per heavy atom. The molecule has 8 heteroatoms. The fourth-order valence-corrected chi connectivity index (χ4v) is 5.80. The molecular formula is C28H33N3O5. The molecule has 2 amide bonds. The van der Waals surface area contributed by atoms with E-state index >= 15 is 0 Å². The van der Waals surface area contributed by atoms with Crippen LogP contribution in [0.1, 0.15) is 43.0 Å². The summed E-state index contributed by atoms with van der Waals surface area (Å²) >= 11 is 0. The van der Waals surface area contributed by atoms with Crippen LogP contribution in [0.15, 0.2) is 42.5 Å². The van der Waals surface area contributed by atoms with Gasteiger partial charge in [-0.05, 0) is 38.0 Å². The quantitative estimate of drug-likeness (QED) is 0.487. The summed E-state index contributed by atoms with van der Waals surface area (Å²) in [6.45, 7) is 5.74. The Hall–Kier alpha value is -3.52. The first-order valence-corrected chi connectivity index (χ1v) is 12.4. The van der Waals surface area contributed by atoms with Crippen LogP contribution in [0.2, 0.25) is 0 Å². The van der Waals surface area contributed by atoms with E-state index in [-0.39, 0.29) is 24.3 Å². The summed E-state index contributed by atoms with van der Waals surface area (Å²) in [5, 5.41) is 1.04. The van der Waals surface area contributed by atoms with Gasteiger partial charge in [0.25, 0.3) is 5.91 Å². The fourth-order valence-electron chi connectivity index (χ4n) is 5.80. The Kier molecular flexibility index (Phi) is 6.38. The molecule has 3 aromatic rings. The number of piperazine rings is 1. The molecule has 190 valence electrons. The normalized spacial score (nSPS) is 21.5. The van der Waals surface area contributed by atoms with E-state index in [4.69, 9.17) is 14.2 Å². The highest BCUT2D eigenvalue weighted by Crippen LogP contribution is 2.50. The van der Waals surface area contributed by atoms with Crippen LogP contribution in [0.25, 0.3) is 10.9 Å². The minimum Gasteiger partial charge on any atom is -0.493 e. The number of hydrogen-bond acceptors (Lipinski definition) is 5. The summed E-state index contributed by atoms with van der Waals surface area (Å²) in [6, 6.07) is 13.9. The minimum atomic E-state index is -1.13. The molecule has 1 unspecified atom stereocenters. The maximum atomic E-state index is 14.0. The monoisotopic (exact) mass is 491 g/mol. The molecule has 2 atom stereocenters. The third-order valence-corrected chi connectivity index (χ3v) is 7.49. The number of H-pyrrole nitrogens is 1. The number of hydrogen-bond donors (Lipinski definition) is 1. The maximum Gasteiger partial charge on any atom is 0.254 e. The Morgan fingerprint density at radius 3 is 2.67 bits per heavy atom. The van der Waals surface area contributed by atoms with Crippen molar-refractivity contribution in [3.05, 3.63) is 59.3 Å². The highest BCUT2D eigenvalue weighted by Gasteiger charge is 2.56. The second-order valence-corrected chi connectivity index (χ2v) is 9.47. The van der Waals surface area contributed by atoms with Crippen LogP contribution in [0.4, 0.5) is 0 Å². The third-order valence-electron chi connectivity index (χ3n) is 7.49. The largest absolute Gasteiger partial charge is 0.493 e. The smallest absolute Gasteiger partial charge is 0.254 e. The molecule has 2 aliphatic heterocycles. The topological polar surface area (TPSA) is 84.1 Å². The van der Waals surface area contributed by atoms with E-state index in [0.717, 1.165) is 27.7 Å². The molecule has 1 saturated heterocycles. The van der Waals surface area contributed by atoms with Crippen LogP contribution in [-0.2, 0) is 19.9 Å². The van der Waals surface area contributed by atoms with Gasteiger partial charge >= 0.3 is 0 Å². The average molecular weight is 492 g/mol. The van der Waals surface area contributed by atoms with Gasteiger partial charge in [0, 0.05) is 49.2 Å². The van der Waals surface area contributed by atoms with Gasteiger partial charge in [0.05, 0.1) is 26.0 Å². The molecule has 8 nitrogen and oxygen atoms in total. The van der Waals surface area contributed by atoms with Crippen LogP contribution in [-0.4, -0.2) is 73.7 Å². The number of ether oxygens (including phenoxy) is 3. The van der Waals surface area contributed by atoms with Gasteiger partial charge < -0.3 is 29.0 Å². The van der Waals surface area contributed by atoms with E-state index in [1.54, 1.807) is 24.0 Å². The fraction of sp³-hybridized carbons (Fsp3) is 0.429. The predicted molar refractivity (Wildman–Crippen MR) is 136 cm³/mol. The summed E-state index contributed by atoms with van der Waals surface area (Å²) in [7, 11) is 3.26. The van der Waals surface area contributed by atoms with E-state index < -0.39 is 5.54 Å². The molecule has 0 aliphatic carbocycles. The molecule has 0 spiro atoms. The number of carbonyl (C=O) groups excluding carboxylic acids is 2. The first-order valence-electron chi connectivity index (χ1n) is 12.4. The molecular weight excluding hydrogens is 458 g/mol. The molecule has 0 bridgehead atoms. The Balaban J connectivity index is 1.70. The van der Waals surface area contributed by atoms with E-state index in [9.17, 15) is 9.59 Å². The Morgan fingerprint density at radius 1 is 1.11 bits per heavy atom. The van der Waals surface area contributed by atoms with Crippen molar-refractivity contribution >= 4 is 22.7 Å². The number of fused-ring (bicyclic) bond motifs is 5. The summed E-state index contributed by atoms with van der Waals surface area (Å²) in [4.78, 5) is 34.5. The highest BCUT2D eigenvalue weighted by molar-refractivity contribution is 6.01. The number of carbonyl (C=O) groups is 2.